The Morgan fingerprint density at radius 2 is 1.75 bits per heavy atom. The summed E-state index contributed by atoms with van der Waals surface area (Å²) in [5.74, 6) is 2.48. The second-order valence-corrected chi connectivity index (χ2v) is 6.07. The first kappa shape index (κ1) is 12.4. The summed E-state index contributed by atoms with van der Waals surface area (Å²) in [7, 11) is 0. The van der Waals surface area contributed by atoms with Gasteiger partial charge in [0, 0.05) is 12.1 Å². The molecule has 0 aromatic carbocycles. The van der Waals surface area contributed by atoms with Crippen molar-refractivity contribution in [2.75, 3.05) is 6.54 Å². The van der Waals surface area contributed by atoms with Crippen molar-refractivity contribution in [1.82, 2.24) is 5.32 Å². The molecule has 0 aromatic heterocycles. The van der Waals surface area contributed by atoms with E-state index in [4.69, 9.17) is 5.73 Å². The lowest BCUT2D eigenvalue weighted by Gasteiger charge is -2.35. The zero-order valence-electron chi connectivity index (χ0n) is 10.9. The smallest absolute Gasteiger partial charge is 0.0110 e. The van der Waals surface area contributed by atoms with Gasteiger partial charge in [0.1, 0.15) is 0 Å². The van der Waals surface area contributed by atoms with Crippen LogP contribution < -0.4 is 11.1 Å². The molecule has 2 heteroatoms. The summed E-state index contributed by atoms with van der Waals surface area (Å²) in [6, 6.07) is 1.46. The van der Waals surface area contributed by atoms with Gasteiger partial charge in [0.2, 0.25) is 0 Å². The van der Waals surface area contributed by atoms with E-state index in [0.29, 0.717) is 6.04 Å². The summed E-state index contributed by atoms with van der Waals surface area (Å²) in [6.45, 7) is 5.68. The Bertz CT molecular complexity index is 217. The third-order valence-electron chi connectivity index (χ3n) is 5.11. The van der Waals surface area contributed by atoms with Crippen LogP contribution in [0.1, 0.15) is 52.4 Å². The zero-order chi connectivity index (χ0) is 11.5. The molecule has 0 aromatic rings. The Balaban J connectivity index is 1.87. The molecule has 5 atom stereocenters. The predicted molar refractivity (Wildman–Crippen MR) is 69.3 cm³/mol. The SMILES string of the molecule is CC1CCC(NC2CCCCC2CN)C1C. The average Bonchev–Trinajstić information content (AvgIpc) is 2.62. The highest BCUT2D eigenvalue weighted by atomic mass is 15.0. The molecule has 0 radical (unpaired) electrons. The van der Waals surface area contributed by atoms with Crippen molar-refractivity contribution in [3.05, 3.63) is 0 Å². The lowest BCUT2D eigenvalue weighted by atomic mass is 9.83. The van der Waals surface area contributed by atoms with Crippen LogP contribution in [-0.4, -0.2) is 18.6 Å². The minimum absolute atomic E-state index is 0.705. The van der Waals surface area contributed by atoms with Crippen molar-refractivity contribution >= 4 is 0 Å². The first-order valence-electron chi connectivity index (χ1n) is 7.18. The molecule has 94 valence electrons. The standard InChI is InChI=1S/C14H28N2/c1-10-7-8-13(11(10)2)16-14-6-4-3-5-12(14)9-15/h10-14,16H,3-9,15H2,1-2H3. The second kappa shape index (κ2) is 5.50. The van der Waals surface area contributed by atoms with Gasteiger partial charge < -0.3 is 11.1 Å². The Morgan fingerprint density at radius 1 is 1.00 bits per heavy atom. The molecule has 5 unspecified atom stereocenters. The van der Waals surface area contributed by atoms with Crippen molar-refractivity contribution in [2.24, 2.45) is 23.5 Å². The number of hydrogen-bond acceptors (Lipinski definition) is 2. The molecule has 2 rings (SSSR count). The number of rotatable bonds is 3. The molecule has 0 bridgehead atoms. The molecular formula is C14H28N2. The van der Waals surface area contributed by atoms with Crippen LogP contribution >= 0.6 is 0 Å². The Labute approximate surface area is 100 Å². The van der Waals surface area contributed by atoms with Crippen molar-refractivity contribution in [1.29, 1.82) is 0 Å². The molecule has 2 aliphatic carbocycles. The fourth-order valence-corrected chi connectivity index (χ4v) is 3.58. The monoisotopic (exact) mass is 224 g/mol. The molecule has 3 N–H and O–H groups in total. The van der Waals surface area contributed by atoms with Gasteiger partial charge >= 0.3 is 0 Å². The molecule has 2 nitrogen and oxygen atoms in total. The van der Waals surface area contributed by atoms with E-state index in [-0.39, 0.29) is 0 Å². The van der Waals surface area contributed by atoms with Crippen LogP contribution in [0, 0.1) is 17.8 Å². The van der Waals surface area contributed by atoms with Gasteiger partial charge in [-0.1, -0.05) is 26.7 Å². The van der Waals surface area contributed by atoms with Crippen molar-refractivity contribution in [3.8, 4) is 0 Å². The van der Waals surface area contributed by atoms with Gasteiger partial charge in [0.25, 0.3) is 0 Å². The molecule has 0 amide bonds. The van der Waals surface area contributed by atoms with Crippen LogP contribution in [0.4, 0.5) is 0 Å². The van der Waals surface area contributed by atoms with Crippen LogP contribution in [0.5, 0.6) is 0 Å². The van der Waals surface area contributed by atoms with E-state index < -0.39 is 0 Å². The van der Waals surface area contributed by atoms with Gasteiger partial charge in [-0.25, -0.2) is 0 Å². The molecule has 0 spiro atoms. The third kappa shape index (κ3) is 2.60. The maximum atomic E-state index is 5.89. The van der Waals surface area contributed by atoms with E-state index >= 15 is 0 Å². The molecule has 0 saturated heterocycles. The summed E-state index contributed by atoms with van der Waals surface area (Å²) in [5.41, 5.74) is 5.89. The molecule has 2 fully saturated rings. The van der Waals surface area contributed by atoms with E-state index in [1.165, 1.54) is 38.5 Å². The van der Waals surface area contributed by atoms with Crippen LogP contribution in [-0.2, 0) is 0 Å². The van der Waals surface area contributed by atoms with Crippen molar-refractivity contribution in [2.45, 2.75) is 64.5 Å². The van der Waals surface area contributed by atoms with Crippen LogP contribution in [0.25, 0.3) is 0 Å². The number of nitrogens with two attached hydrogens (primary N) is 1. The molecule has 0 aliphatic heterocycles. The van der Waals surface area contributed by atoms with Gasteiger partial charge in [-0.05, 0) is 50.0 Å². The van der Waals surface area contributed by atoms with E-state index in [1.807, 2.05) is 0 Å². The highest BCUT2D eigenvalue weighted by Crippen LogP contribution is 2.33. The fourth-order valence-electron chi connectivity index (χ4n) is 3.58. The Hall–Kier alpha value is -0.0800. The maximum Gasteiger partial charge on any atom is 0.0110 e. The second-order valence-electron chi connectivity index (χ2n) is 6.07. The summed E-state index contributed by atoms with van der Waals surface area (Å²) >= 11 is 0. The van der Waals surface area contributed by atoms with Gasteiger partial charge in [0.15, 0.2) is 0 Å². The Kier molecular flexibility index (Phi) is 4.26. The summed E-state index contributed by atoms with van der Waals surface area (Å²) < 4.78 is 0. The van der Waals surface area contributed by atoms with Crippen LogP contribution in [0.2, 0.25) is 0 Å². The summed E-state index contributed by atoms with van der Waals surface area (Å²) in [5, 5.41) is 3.92. The van der Waals surface area contributed by atoms with Crippen LogP contribution in [0.15, 0.2) is 0 Å². The highest BCUT2D eigenvalue weighted by molar-refractivity contribution is 4.90. The fraction of sp³-hybridized carbons (Fsp3) is 1.00. The minimum Gasteiger partial charge on any atom is -0.330 e. The topological polar surface area (TPSA) is 38.0 Å². The minimum atomic E-state index is 0.705. The van der Waals surface area contributed by atoms with E-state index in [1.54, 1.807) is 0 Å². The van der Waals surface area contributed by atoms with Gasteiger partial charge in [0.05, 0.1) is 0 Å². The quantitative estimate of drug-likeness (QED) is 0.773. The molecule has 0 heterocycles. The largest absolute Gasteiger partial charge is 0.330 e. The predicted octanol–water partition coefficient (Wildman–Crippen LogP) is 2.53. The first-order valence-corrected chi connectivity index (χ1v) is 7.18. The van der Waals surface area contributed by atoms with Crippen LogP contribution in [0.3, 0.4) is 0 Å². The molecule has 16 heavy (non-hydrogen) atoms. The van der Waals surface area contributed by atoms with Gasteiger partial charge in [-0.3, -0.25) is 0 Å². The molecular weight excluding hydrogens is 196 g/mol. The lowest BCUT2D eigenvalue weighted by Crippen LogP contribution is -2.47. The van der Waals surface area contributed by atoms with Crippen molar-refractivity contribution in [3.63, 3.8) is 0 Å². The van der Waals surface area contributed by atoms with Gasteiger partial charge in [-0.2, -0.15) is 0 Å². The summed E-state index contributed by atoms with van der Waals surface area (Å²) in [6.07, 6.45) is 8.24. The summed E-state index contributed by atoms with van der Waals surface area (Å²) in [4.78, 5) is 0. The zero-order valence-corrected chi connectivity index (χ0v) is 10.9. The normalized spacial score (nSPS) is 44.8. The maximum absolute atomic E-state index is 5.89. The Morgan fingerprint density at radius 3 is 2.38 bits per heavy atom. The number of hydrogen-bond donors (Lipinski definition) is 2. The van der Waals surface area contributed by atoms with Crippen molar-refractivity contribution < 1.29 is 0 Å². The molecule has 2 saturated carbocycles. The van der Waals surface area contributed by atoms with E-state index in [0.717, 1.165) is 30.3 Å². The van der Waals surface area contributed by atoms with Gasteiger partial charge in [-0.15, -0.1) is 0 Å². The van der Waals surface area contributed by atoms with E-state index in [2.05, 4.69) is 19.2 Å². The lowest BCUT2D eigenvalue weighted by molar-refractivity contribution is 0.227. The van der Waals surface area contributed by atoms with E-state index in [9.17, 15) is 0 Å². The first-order chi connectivity index (χ1) is 7.72. The third-order valence-corrected chi connectivity index (χ3v) is 5.11. The average molecular weight is 224 g/mol. The number of nitrogens with one attached hydrogen (secondary N) is 1. The highest BCUT2D eigenvalue weighted by Gasteiger charge is 2.33. The molecule has 2 aliphatic rings.